The van der Waals surface area contributed by atoms with Crippen molar-refractivity contribution in [3.63, 3.8) is 0 Å². The van der Waals surface area contributed by atoms with Crippen molar-refractivity contribution in [1.29, 1.82) is 0 Å². The minimum absolute atomic E-state index is 0.0973. The van der Waals surface area contributed by atoms with Crippen molar-refractivity contribution in [3.05, 3.63) is 0 Å². The zero-order chi connectivity index (χ0) is 12.8. The number of hydrogen-bond acceptors (Lipinski definition) is 4. The maximum atomic E-state index is 11.8. The number of nitrogens with two attached hydrogens (primary N) is 1. The van der Waals surface area contributed by atoms with Crippen molar-refractivity contribution >= 4 is 11.8 Å². The molecule has 0 aromatic carbocycles. The second-order valence-corrected chi connectivity index (χ2v) is 4.67. The smallest absolute Gasteiger partial charge is 0.250 e. The monoisotopic (exact) mass is 243 g/mol. The summed E-state index contributed by atoms with van der Waals surface area (Å²) in [5.74, 6) is 5.27. The predicted molar refractivity (Wildman–Crippen MR) is 62.8 cm³/mol. The van der Waals surface area contributed by atoms with E-state index >= 15 is 0 Å². The van der Waals surface area contributed by atoms with Crippen LogP contribution in [0.15, 0.2) is 0 Å². The van der Waals surface area contributed by atoms with Crippen LogP contribution in [0, 0.1) is 5.92 Å². The number of hydrogen-bond donors (Lipinski definition) is 1. The fraction of sp³-hybridized carbons (Fsp3) is 0.818. The van der Waals surface area contributed by atoms with E-state index < -0.39 is 0 Å². The number of piperazine rings is 1. The van der Waals surface area contributed by atoms with E-state index in [0.29, 0.717) is 38.5 Å². The number of carbonyl (C=O) groups excluding carboxylic acids is 2. The summed E-state index contributed by atoms with van der Waals surface area (Å²) in [6.07, 6.45) is 0.569. The van der Waals surface area contributed by atoms with Crippen LogP contribution in [0.2, 0.25) is 0 Å². The maximum Gasteiger partial charge on any atom is 0.250 e. The lowest BCUT2D eigenvalue weighted by Gasteiger charge is -2.35. The highest BCUT2D eigenvalue weighted by atomic mass is 16.6. The molecule has 1 rings (SSSR count). The molecule has 0 bridgehead atoms. The minimum Gasteiger partial charge on any atom is -0.339 e. The third kappa shape index (κ3) is 4.32. The first-order valence-corrected chi connectivity index (χ1v) is 5.91. The molecule has 1 aliphatic heterocycles. The van der Waals surface area contributed by atoms with Gasteiger partial charge in [0, 0.05) is 32.6 Å². The molecule has 0 unspecified atom stereocenters. The predicted octanol–water partition coefficient (Wildman–Crippen LogP) is -0.406. The first kappa shape index (κ1) is 13.9. The average molecular weight is 243 g/mol. The van der Waals surface area contributed by atoms with Gasteiger partial charge in [0.05, 0.1) is 0 Å². The Morgan fingerprint density at radius 2 is 1.59 bits per heavy atom. The van der Waals surface area contributed by atoms with Gasteiger partial charge in [-0.05, 0) is 5.92 Å². The molecule has 6 heteroatoms. The molecule has 98 valence electrons. The highest BCUT2D eigenvalue weighted by Gasteiger charge is 2.24. The SMILES string of the molecule is CC(C)CC(=O)N1CCN(C(=O)CON)CC1. The van der Waals surface area contributed by atoms with Crippen LogP contribution in [0.5, 0.6) is 0 Å². The van der Waals surface area contributed by atoms with Crippen LogP contribution in [0.1, 0.15) is 20.3 Å². The first-order chi connectivity index (χ1) is 8.04. The topological polar surface area (TPSA) is 75.9 Å². The third-order valence-electron chi connectivity index (χ3n) is 2.77. The molecule has 0 aromatic heterocycles. The Kier molecular flexibility index (Phi) is 5.37. The highest BCUT2D eigenvalue weighted by Crippen LogP contribution is 2.08. The van der Waals surface area contributed by atoms with Gasteiger partial charge in [-0.2, -0.15) is 0 Å². The second kappa shape index (κ2) is 6.56. The summed E-state index contributed by atoms with van der Waals surface area (Å²) in [6.45, 7) is 6.27. The standard InChI is InChI=1S/C11H21N3O3/c1-9(2)7-10(15)13-3-5-14(6-4-13)11(16)8-17-12/h9H,3-8,12H2,1-2H3. The van der Waals surface area contributed by atoms with Crippen molar-refractivity contribution in [2.75, 3.05) is 32.8 Å². The van der Waals surface area contributed by atoms with Crippen LogP contribution in [-0.2, 0) is 14.4 Å². The fourth-order valence-corrected chi connectivity index (χ4v) is 1.85. The van der Waals surface area contributed by atoms with Crippen LogP contribution in [0.4, 0.5) is 0 Å². The summed E-state index contributed by atoms with van der Waals surface area (Å²) < 4.78 is 0. The molecule has 1 saturated heterocycles. The van der Waals surface area contributed by atoms with Gasteiger partial charge < -0.3 is 9.80 Å². The minimum atomic E-state index is -0.122. The van der Waals surface area contributed by atoms with Gasteiger partial charge >= 0.3 is 0 Å². The zero-order valence-electron chi connectivity index (χ0n) is 10.5. The summed E-state index contributed by atoms with van der Waals surface area (Å²) in [4.78, 5) is 31.1. The van der Waals surface area contributed by atoms with Gasteiger partial charge in [0.1, 0.15) is 6.61 Å². The summed E-state index contributed by atoms with van der Waals surface area (Å²) >= 11 is 0. The van der Waals surface area contributed by atoms with Crippen LogP contribution < -0.4 is 5.90 Å². The molecule has 0 radical (unpaired) electrons. The summed E-state index contributed by atoms with van der Waals surface area (Å²) in [7, 11) is 0. The van der Waals surface area contributed by atoms with E-state index in [9.17, 15) is 9.59 Å². The molecular weight excluding hydrogens is 222 g/mol. The van der Waals surface area contributed by atoms with E-state index in [2.05, 4.69) is 4.84 Å². The van der Waals surface area contributed by atoms with Crippen molar-refractivity contribution in [2.24, 2.45) is 11.8 Å². The molecule has 1 fully saturated rings. The Morgan fingerprint density at radius 3 is 2.00 bits per heavy atom. The molecule has 2 N–H and O–H groups in total. The van der Waals surface area contributed by atoms with Gasteiger partial charge in [0.25, 0.3) is 5.91 Å². The largest absolute Gasteiger partial charge is 0.339 e. The van der Waals surface area contributed by atoms with Crippen LogP contribution >= 0.6 is 0 Å². The molecule has 0 aromatic rings. The normalized spacial score (nSPS) is 16.5. The summed E-state index contributed by atoms with van der Waals surface area (Å²) in [5, 5.41) is 0. The Hall–Kier alpha value is -1.14. The lowest BCUT2D eigenvalue weighted by Crippen LogP contribution is -2.51. The second-order valence-electron chi connectivity index (χ2n) is 4.67. The van der Waals surface area contributed by atoms with E-state index in [1.807, 2.05) is 18.7 Å². The summed E-state index contributed by atoms with van der Waals surface area (Å²) in [6, 6.07) is 0. The number of amides is 2. The van der Waals surface area contributed by atoms with E-state index in [1.165, 1.54) is 0 Å². The quantitative estimate of drug-likeness (QED) is 0.681. The van der Waals surface area contributed by atoms with Gasteiger partial charge in [-0.3, -0.25) is 14.4 Å². The van der Waals surface area contributed by atoms with Crippen LogP contribution in [0.3, 0.4) is 0 Å². The van der Waals surface area contributed by atoms with Crippen molar-refractivity contribution < 1.29 is 14.4 Å². The van der Waals surface area contributed by atoms with E-state index in [0.717, 1.165) is 0 Å². The van der Waals surface area contributed by atoms with Crippen LogP contribution in [0.25, 0.3) is 0 Å². The fourth-order valence-electron chi connectivity index (χ4n) is 1.85. The molecule has 1 heterocycles. The number of carbonyl (C=O) groups is 2. The van der Waals surface area contributed by atoms with Crippen LogP contribution in [-0.4, -0.2) is 54.4 Å². The highest BCUT2D eigenvalue weighted by molar-refractivity contribution is 5.79. The van der Waals surface area contributed by atoms with Crippen molar-refractivity contribution in [2.45, 2.75) is 20.3 Å². The van der Waals surface area contributed by atoms with E-state index in [-0.39, 0.29) is 18.4 Å². The molecule has 2 amide bonds. The zero-order valence-corrected chi connectivity index (χ0v) is 10.5. The van der Waals surface area contributed by atoms with Gasteiger partial charge in [-0.1, -0.05) is 13.8 Å². The molecule has 0 saturated carbocycles. The van der Waals surface area contributed by atoms with E-state index in [4.69, 9.17) is 5.90 Å². The van der Waals surface area contributed by atoms with Gasteiger partial charge in [-0.15, -0.1) is 0 Å². The molecule has 1 aliphatic rings. The maximum absolute atomic E-state index is 11.8. The number of nitrogens with zero attached hydrogens (tertiary/aromatic N) is 2. The Morgan fingerprint density at radius 1 is 1.12 bits per heavy atom. The molecule has 0 atom stereocenters. The average Bonchev–Trinajstić information content (AvgIpc) is 2.28. The lowest BCUT2D eigenvalue weighted by molar-refractivity contribution is -0.142. The number of rotatable bonds is 4. The lowest BCUT2D eigenvalue weighted by atomic mass is 10.1. The summed E-state index contributed by atoms with van der Waals surface area (Å²) in [5.41, 5.74) is 0. The van der Waals surface area contributed by atoms with Crippen molar-refractivity contribution in [3.8, 4) is 0 Å². The van der Waals surface area contributed by atoms with Gasteiger partial charge in [-0.25, -0.2) is 5.90 Å². The Balaban J connectivity index is 2.35. The molecular formula is C11H21N3O3. The molecule has 6 nitrogen and oxygen atoms in total. The van der Waals surface area contributed by atoms with E-state index in [1.54, 1.807) is 4.90 Å². The van der Waals surface area contributed by atoms with Gasteiger partial charge in [0.15, 0.2) is 0 Å². The molecule has 0 spiro atoms. The van der Waals surface area contributed by atoms with Gasteiger partial charge in [0.2, 0.25) is 5.91 Å². The Bertz CT molecular complexity index is 273. The molecule has 0 aliphatic carbocycles. The third-order valence-corrected chi connectivity index (χ3v) is 2.77. The first-order valence-electron chi connectivity index (χ1n) is 5.91. The molecule has 17 heavy (non-hydrogen) atoms. The Labute approximate surface area is 102 Å². The van der Waals surface area contributed by atoms with Crippen molar-refractivity contribution in [1.82, 2.24) is 9.80 Å².